The first kappa shape index (κ1) is 13.4. The molecule has 1 amide bonds. The van der Waals surface area contributed by atoms with Crippen LogP contribution in [0.2, 0.25) is 5.02 Å². The second-order valence-electron chi connectivity index (χ2n) is 5.49. The third kappa shape index (κ3) is 2.18. The number of fused-ring (bicyclic) bond motifs is 1. The Balaban J connectivity index is 1.93. The Labute approximate surface area is 123 Å². The highest BCUT2D eigenvalue weighted by molar-refractivity contribution is 6.52. The Kier molecular flexibility index (Phi) is 3.42. The van der Waals surface area contributed by atoms with E-state index in [0.717, 1.165) is 31.6 Å². The number of Topliss-reactive ketones (excluding diaryl/α,β-unsaturated/α-hetero) is 1. The van der Waals surface area contributed by atoms with Gasteiger partial charge in [0.1, 0.15) is 0 Å². The maximum absolute atomic E-state index is 11.7. The largest absolute Gasteiger partial charge is 0.370 e. The fraction of sp³-hybridized carbons (Fsp3) is 0.467. The number of ketones is 1. The Morgan fingerprint density at radius 3 is 2.95 bits per heavy atom. The number of anilines is 2. The number of hydrogen-bond donors (Lipinski definition) is 1. The second kappa shape index (κ2) is 5.09. The van der Waals surface area contributed by atoms with Crippen LogP contribution in [0.15, 0.2) is 12.1 Å². The van der Waals surface area contributed by atoms with E-state index in [1.807, 2.05) is 6.07 Å². The quantitative estimate of drug-likeness (QED) is 0.852. The average Bonchev–Trinajstić information content (AvgIpc) is 2.73. The normalized spacial score (nSPS) is 21.9. The minimum atomic E-state index is -0.571. The van der Waals surface area contributed by atoms with Crippen LogP contribution in [0.4, 0.5) is 11.4 Å². The predicted molar refractivity (Wildman–Crippen MR) is 79.6 cm³/mol. The van der Waals surface area contributed by atoms with Crippen LogP contribution in [0.25, 0.3) is 0 Å². The molecule has 0 saturated carbocycles. The van der Waals surface area contributed by atoms with Crippen molar-refractivity contribution < 1.29 is 9.59 Å². The molecular formula is C15H17ClN2O2. The van der Waals surface area contributed by atoms with Crippen LogP contribution in [0.1, 0.15) is 36.5 Å². The molecule has 1 aromatic rings. The van der Waals surface area contributed by atoms with Crippen molar-refractivity contribution >= 4 is 34.7 Å². The zero-order valence-corrected chi connectivity index (χ0v) is 12.2. The molecule has 106 valence electrons. The van der Waals surface area contributed by atoms with E-state index in [0.29, 0.717) is 22.2 Å². The molecule has 2 aliphatic rings. The smallest absolute Gasteiger partial charge is 0.296 e. The van der Waals surface area contributed by atoms with Crippen LogP contribution in [0.5, 0.6) is 0 Å². The first-order valence-corrected chi connectivity index (χ1v) is 7.42. The van der Waals surface area contributed by atoms with Crippen molar-refractivity contribution in [3.05, 3.63) is 22.7 Å². The van der Waals surface area contributed by atoms with Gasteiger partial charge < -0.3 is 10.2 Å². The fourth-order valence-electron chi connectivity index (χ4n) is 3.01. The Morgan fingerprint density at radius 2 is 2.20 bits per heavy atom. The number of halogens is 1. The van der Waals surface area contributed by atoms with Crippen LogP contribution in [0.3, 0.4) is 0 Å². The lowest BCUT2D eigenvalue weighted by atomic mass is 9.95. The number of rotatable bonds is 2. The zero-order chi connectivity index (χ0) is 14.3. The molecule has 3 rings (SSSR count). The molecule has 4 nitrogen and oxygen atoms in total. The van der Waals surface area contributed by atoms with Crippen molar-refractivity contribution in [2.45, 2.75) is 26.2 Å². The highest BCUT2D eigenvalue weighted by Crippen LogP contribution is 2.37. The number of benzene rings is 1. The van der Waals surface area contributed by atoms with Crippen molar-refractivity contribution in [1.29, 1.82) is 0 Å². The Morgan fingerprint density at radius 1 is 1.40 bits per heavy atom. The number of nitrogens with zero attached hydrogens (tertiary/aromatic N) is 1. The topological polar surface area (TPSA) is 49.4 Å². The molecule has 1 aromatic carbocycles. The summed E-state index contributed by atoms with van der Waals surface area (Å²) in [7, 11) is 0. The third-order valence-corrected chi connectivity index (χ3v) is 4.53. The highest BCUT2D eigenvalue weighted by atomic mass is 35.5. The van der Waals surface area contributed by atoms with Crippen LogP contribution >= 0.6 is 11.6 Å². The van der Waals surface area contributed by atoms with Gasteiger partial charge in [-0.3, -0.25) is 9.59 Å². The van der Waals surface area contributed by atoms with Crippen molar-refractivity contribution in [3.63, 3.8) is 0 Å². The van der Waals surface area contributed by atoms with E-state index in [2.05, 4.69) is 17.1 Å². The van der Waals surface area contributed by atoms with Crippen molar-refractivity contribution in [3.8, 4) is 0 Å². The molecule has 0 aromatic heterocycles. The summed E-state index contributed by atoms with van der Waals surface area (Å²) >= 11 is 6.31. The Hall–Kier alpha value is -1.55. The maximum Gasteiger partial charge on any atom is 0.296 e. The average molecular weight is 293 g/mol. The fourth-order valence-corrected chi connectivity index (χ4v) is 3.30. The van der Waals surface area contributed by atoms with Gasteiger partial charge in [-0.25, -0.2) is 0 Å². The first-order chi connectivity index (χ1) is 9.60. The monoisotopic (exact) mass is 292 g/mol. The zero-order valence-electron chi connectivity index (χ0n) is 11.4. The molecule has 1 unspecified atom stereocenters. The highest BCUT2D eigenvalue weighted by Gasteiger charge is 2.30. The van der Waals surface area contributed by atoms with E-state index in [9.17, 15) is 9.59 Å². The molecule has 20 heavy (non-hydrogen) atoms. The van der Waals surface area contributed by atoms with Crippen molar-refractivity contribution in [2.24, 2.45) is 5.92 Å². The number of hydrogen-bond acceptors (Lipinski definition) is 3. The van der Waals surface area contributed by atoms with E-state index in [1.165, 1.54) is 6.42 Å². The van der Waals surface area contributed by atoms with Crippen LogP contribution in [-0.4, -0.2) is 24.8 Å². The lowest BCUT2D eigenvalue weighted by molar-refractivity contribution is -0.112. The van der Waals surface area contributed by atoms with Gasteiger partial charge in [0.05, 0.1) is 22.0 Å². The van der Waals surface area contributed by atoms with Crippen LogP contribution in [-0.2, 0) is 4.79 Å². The number of piperidine rings is 1. The van der Waals surface area contributed by atoms with E-state index in [-0.39, 0.29) is 0 Å². The van der Waals surface area contributed by atoms with Gasteiger partial charge in [-0.05, 0) is 30.9 Å². The summed E-state index contributed by atoms with van der Waals surface area (Å²) < 4.78 is 0. The van der Waals surface area contributed by atoms with E-state index < -0.39 is 11.7 Å². The number of amides is 1. The molecule has 5 heteroatoms. The summed E-state index contributed by atoms with van der Waals surface area (Å²) in [6, 6.07) is 3.44. The standard InChI is InChI=1S/C15H17ClN2O2/c1-2-9-4-3-5-18(8-9)13-7-12-10(6-11(13)16)14(19)15(20)17-12/h6-7,9H,2-5,8H2,1H3,(H,17,19,20). The SMILES string of the molecule is CCC1CCCN(c2cc3c(cc2Cl)C(=O)C(=O)N3)C1. The van der Waals surface area contributed by atoms with Gasteiger partial charge >= 0.3 is 0 Å². The van der Waals surface area contributed by atoms with Gasteiger partial charge in [0, 0.05) is 13.1 Å². The van der Waals surface area contributed by atoms with Crippen molar-refractivity contribution in [2.75, 3.05) is 23.3 Å². The van der Waals surface area contributed by atoms with E-state index >= 15 is 0 Å². The molecule has 2 aliphatic heterocycles. The summed E-state index contributed by atoms with van der Waals surface area (Å²) in [5.41, 5.74) is 1.88. The van der Waals surface area contributed by atoms with Gasteiger partial charge in [0.2, 0.25) is 0 Å². The van der Waals surface area contributed by atoms with Crippen LogP contribution < -0.4 is 10.2 Å². The number of carbonyl (C=O) groups excluding carboxylic acids is 2. The van der Waals surface area contributed by atoms with Gasteiger partial charge in [-0.15, -0.1) is 0 Å². The minimum Gasteiger partial charge on any atom is -0.370 e. The van der Waals surface area contributed by atoms with Gasteiger partial charge in [0.15, 0.2) is 0 Å². The van der Waals surface area contributed by atoms with E-state index in [1.54, 1.807) is 6.07 Å². The first-order valence-electron chi connectivity index (χ1n) is 7.04. The lowest BCUT2D eigenvalue weighted by Crippen LogP contribution is -2.35. The molecule has 1 saturated heterocycles. The molecular weight excluding hydrogens is 276 g/mol. The van der Waals surface area contributed by atoms with E-state index in [4.69, 9.17) is 11.6 Å². The van der Waals surface area contributed by atoms with Gasteiger partial charge in [-0.2, -0.15) is 0 Å². The molecule has 0 radical (unpaired) electrons. The summed E-state index contributed by atoms with van der Waals surface area (Å²) in [5, 5.41) is 3.15. The molecule has 0 aliphatic carbocycles. The van der Waals surface area contributed by atoms with Gasteiger partial charge in [-0.1, -0.05) is 24.9 Å². The molecule has 1 fully saturated rings. The summed E-state index contributed by atoms with van der Waals surface area (Å²) in [6.45, 7) is 4.16. The number of carbonyl (C=O) groups is 2. The second-order valence-corrected chi connectivity index (χ2v) is 5.90. The lowest BCUT2D eigenvalue weighted by Gasteiger charge is -2.34. The molecule has 0 spiro atoms. The minimum absolute atomic E-state index is 0.382. The molecule has 2 heterocycles. The summed E-state index contributed by atoms with van der Waals surface area (Å²) in [5.74, 6) is -0.388. The molecule has 1 atom stereocenters. The maximum atomic E-state index is 11.7. The van der Waals surface area contributed by atoms with Crippen LogP contribution in [0, 0.1) is 5.92 Å². The Bertz CT molecular complexity index is 585. The summed E-state index contributed by atoms with van der Waals surface area (Å²) in [4.78, 5) is 25.3. The molecule has 0 bridgehead atoms. The number of nitrogens with one attached hydrogen (secondary N) is 1. The van der Waals surface area contributed by atoms with Crippen molar-refractivity contribution in [1.82, 2.24) is 0 Å². The molecule has 1 N–H and O–H groups in total. The van der Waals surface area contributed by atoms with Gasteiger partial charge in [0.25, 0.3) is 11.7 Å². The predicted octanol–water partition coefficient (Wildman–Crippen LogP) is 3.10. The summed E-state index contributed by atoms with van der Waals surface area (Å²) in [6.07, 6.45) is 3.57. The third-order valence-electron chi connectivity index (χ3n) is 4.22.